The third-order valence-electron chi connectivity index (χ3n) is 4.26. The van der Waals surface area contributed by atoms with Crippen LogP contribution >= 0.6 is 0 Å². The van der Waals surface area contributed by atoms with Crippen LogP contribution in [0.2, 0.25) is 0 Å². The summed E-state index contributed by atoms with van der Waals surface area (Å²) in [6.45, 7) is 0.799. The third kappa shape index (κ3) is 5.59. The summed E-state index contributed by atoms with van der Waals surface area (Å²) >= 11 is 0. The van der Waals surface area contributed by atoms with E-state index >= 15 is 0 Å². The summed E-state index contributed by atoms with van der Waals surface area (Å²) in [7, 11) is 0. The molecule has 0 aliphatic carbocycles. The molecule has 3 aromatic carbocycles. The topological polar surface area (TPSA) is 81.8 Å². The van der Waals surface area contributed by atoms with Crippen LogP contribution in [0, 0.1) is 0 Å². The van der Waals surface area contributed by atoms with Crippen LogP contribution in [0.15, 0.2) is 78.9 Å². The quantitative estimate of drug-likeness (QED) is 0.593. The summed E-state index contributed by atoms with van der Waals surface area (Å²) in [5.41, 5.74) is 8.53. The van der Waals surface area contributed by atoms with Crippen molar-refractivity contribution < 1.29 is 19.4 Å². The number of hydrogen-bond donors (Lipinski definition) is 2. The summed E-state index contributed by atoms with van der Waals surface area (Å²) in [4.78, 5) is 11.0. The summed E-state index contributed by atoms with van der Waals surface area (Å²) in [6.07, 6.45) is 0.218. The second-order valence-electron chi connectivity index (χ2n) is 6.48. The van der Waals surface area contributed by atoms with Gasteiger partial charge in [-0.1, -0.05) is 66.7 Å². The summed E-state index contributed by atoms with van der Waals surface area (Å²) < 4.78 is 11.9. The number of aliphatic carboxylic acids is 1. The van der Waals surface area contributed by atoms with Crippen LogP contribution in [-0.4, -0.2) is 17.1 Å². The van der Waals surface area contributed by atoms with Crippen molar-refractivity contribution in [1.82, 2.24) is 0 Å². The molecule has 1 unspecified atom stereocenters. The fourth-order valence-corrected chi connectivity index (χ4v) is 2.72. The van der Waals surface area contributed by atoms with E-state index in [4.69, 9.17) is 20.3 Å². The zero-order chi connectivity index (χ0) is 19.8. The number of benzene rings is 3. The van der Waals surface area contributed by atoms with Gasteiger partial charge in [-0.3, -0.25) is 4.79 Å². The average molecular weight is 377 g/mol. The van der Waals surface area contributed by atoms with E-state index in [2.05, 4.69) is 0 Å². The van der Waals surface area contributed by atoms with E-state index in [-0.39, 0.29) is 6.42 Å². The first-order valence-corrected chi connectivity index (χ1v) is 9.06. The van der Waals surface area contributed by atoms with E-state index in [1.807, 2.05) is 66.7 Å². The number of carbonyl (C=O) groups is 1. The molecule has 0 radical (unpaired) electrons. The van der Waals surface area contributed by atoms with Crippen LogP contribution in [0.3, 0.4) is 0 Å². The normalized spacial score (nSPS) is 11.6. The highest BCUT2D eigenvalue weighted by molar-refractivity contribution is 5.73. The molecule has 0 spiro atoms. The SMILES string of the molecule is NC(Cc1ccc(OCc2ccccc2)c(OCc2ccccc2)c1)C(=O)O. The van der Waals surface area contributed by atoms with Gasteiger partial charge in [-0.05, 0) is 35.2 Å². The van der Waals surface area contributed by atoms with E-state index in [1.54, 1.807) is 12.1 Å². The molecule has 0 bridgehead atoms. The van der Waals surface area contributed by atoms with Crippen molar-refractivity contribution in [2.75, 3.05) is 0 Å². The second kappa shape index (κ2) is 9.58. The molecule has 0 aliphatic rings. The first-order valence-electron chi connectivity index (χ1n) is 9.06. The predicted molar refractivity (Wildman–Crippen MR) is 107 cm³/mol. The maximum absolute atomic E-state index is 11.0. The average Bonchev–Trinajstić information content (AvgIpc) is 2.73. The van der Waals surface area contributed by atoms with Gasteiger partial charge >= 0.3 is 5.97 Å². The van der Waals surface area contributed by atoms with Crippen LogP contribution < -0.4 is 15.2 Å². The Labute approximate surface area is 164 Å². The zero-order valence-electron chi connectivity index (χ0n) is 15.5. The van der Waals surface area contributed by atoms with Gasteiger partial charge in [-0.2, -0.15) is 0 Å². The molecular weight excluding hydrogens is 354 g/mol. The Morgan fingerprint density at radius 3 is 1.86 bits per heavy atom. The van der Waals surface area contributed by atoms with Gasteiger partial charge in [0.15, 0.2) is 11.5 Å². The third-order valence-corrected chi connectivity index (χ3v) is 4.26. The highest BCUT2D eigenvalue weighted by Gasteiger charge is 2.14. The highest BCUT2D eigenvalue weighted by Crippen LogP contribution is 2.30. The van der Waals surface area contributed by atoms with Gasteiger partial charge < -0.3 is 20.3 Å². The fraction of sp³-hybridized carbons (Fsp3) is 0.174. The largest absolute Gasteiger partial charge is 0.485 e. The molecule has 0 aromatic heterocycles. The smallest absolute Gasteiger partial charge is 0.320 e. The van der Waals surface area contributed by atoms with E-state index in [0.29, 0.717) is 24.7 Å². The van der Waals surface area contributed by atoms with Gasteiger partial charge in [-0.25, -0.2) is 0 Å². The molecule has 1 atom stereocenters. The Morgan fingerprint density at radius 1 is 0.786 bits per heavy atom. The van der Waals surface area contributed by atoms with Gasteiger partial charge in [0.25, 0.3) is 0 Å². The lowest BCUT2D eigenvalue weighted by molar-refractivity contribution is -0.138. The monoisotopic (exact) mass is 377 g/mol. The maximum Gasteiger partial charge on any atom is 0.320 e. The Hall–Kier alpha value is -3.31. The van der Waals surface area contributed by atoms with Crippen LogP contribution in [0.1, 0.15) is 16.7 Å². The molecule has 5 nitrogen and oxygen atoms in total. The molecule has 0 fully saturated rings. The predicted octanol–water partition coefficient (Wildman–Crippen LogP) is 3.80. The van der Waals surface area contributed by atoms with Crippen molar-refractivity contribution >= 4 is 5.97 Å². The van der Waals surface area contributed by atoms with E-state index < -0.39 is 12.0 Å². The van der Waals surface area contributed by atoms with Gasteiger partial charge in [0, 0.05) is 0 Å². The minimum Gasteiger partial charge on any atom is -0.485 e. The van der Waals surface area contributed by atoms with E-state index in [0.717, 1.165) is 16.7 Å². The van der Waals surface area contributed by atoms with Crippen LogP contribution in [0.25, 0.3) is 0 Å². The van der Waals surface area contributed by atoms with Crippen LogP contribution in [-0.2, 0) is 24.4 Å². The molecular formula is C23H23NO4. The molecule has 3 rings (SSSR count). The summed E-state index contributed by atoms with van der Waals surface area (Å²) in [5, 5.41) is 9.05. The van der Waals surface area contributed by atoms with E-state index in [1.165, 1.54) is 0 Å². The molecule has 0 saturated heterocycles. The minimum atomic E-state index is -1.03. The Balaban J connectivity index is 1.76. The molecule has 3 aromatic rings. The molecule has 28 heavy (non-hydrogen) atoms. The Bertz CT molecular complexity index is 897. The maximum atomic E-state index is 11.0. The number of carboxylic acids is 1. The second-order valence-corrected chi connectivity index (χ2v) is 6.48. The zero-order valence-corrected chi connectivity index (χ0v) is 15.5. The van der Waals surface area contributed by atoms with Crippen molar-refractivity contribution in [1.29, 1.82) is 0 Å². The minimum absolute atomic E-state index is 0.218. The van der Waals surface area contributed by atoms with Gasteiger partial charge in [0.1, 0.15) is 19.3 Å². The van der Waals surface area contributed by atoms with Crippen LogP contribution in [0.5, 0.6) is 11.5 Å². The molecule has 144 valence electrons. The number of rotatable bonds is 9. The fourth-order valence-electron chi connectivity index (χ4n) is 2.72. The lowest BCUT2D eigenvalue weighted by Crippen LogP contribution is -2.32. The number of hydrogen-bond acceptors (Lipinski definition) is 4. The Kier molecular flexibility index (Phi) is 6.65. The number of nitrogens with two attached hydrogens (primary N) is 1. The molecule has 0 aliphatic heterocycles. The van der Waals surface area contributed by atoms with Crippen molar-refractivity contribution in [2.45, 2.75) is 25.7 Å². The van der Waals surface area contributed by atoms with Gasteiger partial charge in [-0.15, -0.1) is 0 Å². The molecule has 3 N–H and O–H groups in total. The van der Waals surface area contributed by atoms with Gasteiger partial charge in [0.05, 0.1) is 0 Å². The summed E-state index contributed by atoms with van der Waals surface area (Å²) in [6, 6.07) is 24.1. The lowest BCUT2D eigenvalue weighted by atomic mass is 10.1. The number of carboxylic acid groups (broad SMARTS) is 1. The molecule has 5 heteroatoms. The van der Waals surface area contributed by atoms with Crippen molar-refractivity contribution in [3.05, 3.63) is 95.6 Å². The Morgan fingerprint density at radius 2 is 1.32 bits per heavy atom. The standard InChI is InChI=1S/C23H23NO4/c24-20(23(25)26)13-19-11-12-21(27-15-17-7-3-1-4-8-17)22(14-19)28-16-18-9-5-2-6-10-18/h1-12,14,20H,13,15-16,24H2,(H,25,26). The van der Waals surface area contributed by atoms with Crippen molar-refractivity contribution in [3.63, 3.8) is 0 Å². The molecule has 0 amide bonds. The van der Waals surface area contributed by atoms with Crippen molar-refractivity contribution in [3.8, 4) is 11.5 Å². The first kappa shape index (κ1) is 19.5. The van der Waals surface area contributed by atoms with Crippen LogP contribution in [0.4, 0.5) is 0 Å². The molecule has 0 saturated carbocycles. The van der Waals surface area contributed by atoms with Crippen molar-refractivity contribution in [2.24, 2.45) is 5.73 Å². The number of ether oxygens (including phenoxy) is 2. The molecule has 0 heterocycles. The highest BCUT2D eigenvalue weighted by atomic mass is 16.5. The lowest BCUT2D eigenvalue weighted by Gasteiger charge is -2.15. The van der Waals surface area contributed by atoms with Gasteiger partial charge in [0.2, 0.25) is 0 Å². The summed E-state index contributed by atoms with van der Waals surface area (Å²) in [5.74, 6) is 0.137. The van der Waals surface area contributed by atoms with E-state index in [9.17, 15) is 4.79 Å². The first-order chi connectivity index (χ1) is 13.6.